The lowest BCUT2D eigenvalue weighted by molar-refractivity contribution is -0.130. The molecule has 144 valence electrons. The number of likely N-dealkylation sites (N-methyl/N-ethyl adjacent to an activating group) is 1. The molecule has 0 spiro atoms. The second-order valence-electron chi connectivity index (χ2n) is 6.10. The summed E-state index contributed by atoms with van der Waals surface area (Å²) in [6, 6.07) is 14.6. The lowest BCUT2D eigenvalue weighted by Gasteiger charge is -2.18. The highest BCUT2D eigenvalue weighted by atomic mass is 16.5. The Bertz CT molecular complexity index is 756. The molecule has 0 aliphatic rings. The molecule has 0 aromatic heterocycles. The highest BCUT2D eigenvalue weighted by Gasteiger charge is 2.10. The fourth-order valence-corrected chi connectivity index (χ4v) is 2.71. The lowest BCUT2D eigenvalue weighted by Crippen LogP contribution is -2.31. The number of hydrogen-bond donors (Lipinski definition) is 2. The van der Waals surface area contributed by atoms with Gasteiger partial charge in [0, 0.05) is 25.3 Å². The van der Waals surface area contributed by atoms with Crippen LogP contribution in [0.15, 0.2) is 48.5 Å². The Labute approximate surface area is 160 Å². The Morgan fingerprint density at radius 3 is 2.33 bits per heavy atom. The fraction of sp³-hybridized carbons (Fsp3) is 0.333. The van der Waals surface area contributed by atoms with Gasteiger partial charge in [0.05, 0.1) is 13.5 Å². The average molecular weight is 369 g/mol. The minimum absolute atomic E-state index is 0.108. The Morgan fingerprint density at radius 1 is 1.00 bits per heavy atom. The number of amides is 3. The second-order valence-corrected chi connectivity index (χ2v) is 6.10. The third-order valence-electron chi connectivity index (χ3n) is 4.27. The number of anilines is 1. The van der Waals surface area contributed by atoms with Gasteiger partial charge in [-0.3, -0.25) is 4.79 Å². The molecule has 0 aliphatic carbocycles. The van der Waals surface area contributed by atoms with Crippen molar-refractivity contribution < 1.29 is 14.3 Å². The molecule has 27 heavy (non-hydrogen) atoms. The van der Waals surface area contributed by atoms with Crippen molar-refractivity contribution in [3.63, 3.8) is 0 Å². The van der Waals surface area contributed by atoms with Gasteiger partial charge >= 0.3 is 6.03 Å². The van der Waals surface area contributed by atoms with Gasteiger partial charge in [0.2, 0.25) is 5.91 Å². The number of nitrogens with one attached hydrogen (secondary N) is 2. The molecule has 0 aliphatic heterocycles. The normalized spacial score (nSPS) is 10.2. The summed E-state index contributed by atoms with van der Waals surface area (Å²) in [4.78, 5) is 26.0. The summed E-state index contributed by atoms with van der Waals surface area (Å²) < 4.78 is 5.17. The SMILES string of the molecule is CCN(CC)C(=O)Cc1ccc(NC(=O)NCc2cccc(OC)c2)cc1. The summed E-state index contributed by atoms with van der Waals surface area (Å²) in [6.07, 6.45) is 0.365. The van der Waals surface area contributed by atoms with E-state index >= 15 is 0 Å². The third kappa shape index (κ3) is 6.33. The van der Waals surface area contributed by atoms with E-state index in [9.17, 15) is 9.59 Å². The van der Waals surface area contributed by atoms with Crippen LogP contribution in [0.25, 0.3) is 0 Å². The van der Waals surface area contributed by atoms with Crippen molar-refractivity contribution in [2.45, 2.75) is 26.8 Å². The second kappa shape index (κ2) is 10.2. The molecule has 2 rings (SSSR count). The summed E-state index contributed by atoms with van der Waals surface area (Å²) in [5.41, 5.74) is 2.56. The maximum atomic E-state index is 12.1. The summed E-state index contributed by atoms with van der Waals surface area (Å²) in [7, 11) is 1.61. The monoisotopic (exact) mass is 369 g/mol. The maximum Gasteiger partial charge on any atom is 0.319 e. The predicted octanol–water partition coefficient (Wildman–Crippen LogP) is 3.43. The molecule has 2 aromatic rings. The van der Waals surface area contributed by atoms with Crippen LogP contribution in [0, 0.1) is 0 Å². The van der Waals surface area contributed by atoms with Crippen LogP contribution in [0.3, 0.4) is 0 Å². The van der Waals surface area contributed by atoms with Crippen molar-refractivity contribution in [3.05, 3.63) is 59.7 Å². The molecule has 0 radical (unpaired) electrons. The zero-order valence-electron chi connectivity index (χ0n) is 16.1. The molecule has 2 aromatic carbocycles. The quantitative estimate of drug-likeness (QED) is 0.749. The van der Waals surface area contributed by atoms with E-state index in [1.165, 1.54) is 0 Å². The summed E-state index contributed by atoms with van der Waals surface area (Å²) in [5.74, 6) is 0.862. The summed E-state index contributed by atoms with van der Waals surface area (Å²) in [6.45, 7) is 5.77. The van der Waals surface area contributed by atoms with Gasteiger partial charge in [-0.1, -0.05) is 24.3 Å². The smallest absolute Gasteiger partial charge is 0.319 e. The van der Waals surface area contributed by atoms with Gasteiger partial charge in [0.1, 0.15) is 5.75 Å². The van der Waals surface area contributed by atoms with Crippen molar-refractivity contribution in [1.29, 1.82) is 0 Å². The molecule has 0 atom stereocenters. The Balaban J connectivity index is 1.84. The maximum absolute atomic E-state index is 12.1. The molecule has 0 fully saturated rings. The van der Waals surface area contributed by atoms with Crippen molar-refractivity contribution in [3.8, 4) is 5.75 Å². The van der Waals surface area contributed by atoms with Crippen LogP contribution in [0.1, 0.15) is 25.0 Å². The minimum atomic E-state index is -0.287. The van der Waals surface area contributed by atoms with Crippen LogP contribution in [0.4, 0.5) is 10.5 Å². The van der Waals surface area contributed by atoms with E-state index in [1.807, 2.05) is 50.2 Å². The Hall–Kier alpha value is -3.02. The predicted molar refractivity (Wildman–Crippen MR) is 107 cm³/mol. The van der Waals surface area contributed by atoms with E-state index < -0.39 is 0 Å². The van der Waals surface area contributed by atoms with E-state index in [2.05, 4.69) is 10.6 Å². The number of methoxy groups -OCH3 is 1. The first-order chi connectivity index (χ1) is 13.0. The third-order valence-corrected chi connectivity index (χ3v) is 4.27. The largest absolute Gasteiger partial charge is 0.497 e. The van der Waals surface area contributed by atoms with Crippen LogP contribution in [0.5, 0.6) is 5.75 Å². The Kier molecular flexibility index (Phi) is 7.67. The fourth-order valence-electron chi connectivity index (χ4n) is 2.71. The molecule has 0 bridgehead atoms. The van der Waals surface area contributed by atoms with Gasteiger partial charge in [-0.25, -0.2) is 4.79 Å². The van der Waals surface area contributed by atoms with Crippen LogP contribution < -0.4 is 15.4 Å². The molecule has 3 amide bonds. The van der Waals surface area contributed by atoms with Gasteiger partial charge in [-0.05, 0) is 49.2 Å². The number of rotatable bonds is 8. The van der Waals surface area contributed by atoms with Crippen molar-refractivity contribution in [2.75, 3.05) is 25.5 Å². The first kappa shape index (κ1) is 20.3. The first-order valence-electron chi connectivity index (χ1n) is 9.10. The first-order valence-corrected chi connectivity index (χ1v) is 9.10. The number of nitrogens with zero attached hydrogens (tertiary/aromatic N) is 1. The standard InChI is InChI=1S/C21H27N3O3/c1-4-24(5-2)20(25)14-16-9-11-18(12-10-16)23-21(26)22-15-17-7-6-8-19(13-17)27-3/h6-13H,4-5,14-15H2,1-3H3,(H2,22,23,26). The van der Waals surface area contributed by atoms with Gasteiger partial charge in [0.15, 0.2) is 0 Å². The van der Waals surface area contributed by atoms with Gasteiger partial charge < -0.3 is 20.3 Å². The van der Waals surface area contributed by atoms with E-state index in [0.717, 1.165) is 16.9 Å². The molecule has 6 nitrogen and oxygen atoms in total. The molecule has 0 heterocycles. The number of hydrogen-bond acceptors (Lipinski definition) is 3. The number of benzene rings is 2. The molecule has 2 N–H and O–H groups in total. The van der Waals surface area contributed by atoms with E-state index in [0.29, 0.717) is 31.7 Å². The molecule has 0 saturated carbocycles. The van der Waals surface area contributed by atoms with Crippen molar-refractivity contribution >= 4 is 17.6 Å². The van der Waals surface area contributed by atoms with Crippen LogP contribution in [-0.2, 0) is 17.8 Å². The lowest BCUT2D eigenvalue weighted by atomic mass is 10.1. The van der Waals surface area contributed by atoms with Crippen LogP contribution in [0.2, 0.25) is 0 Å². The van der Waals surface area contributed by atoms with E-state index in [1.54, 1.807) is 24.1 Å². The van der Waals surface area contributed by atoms with Gasteiger partial charge in [-0.15, -0.1) is 0 Å². The van der Waals surface area contributed by atoms with Gasteiger partial charge in [0.25, 0.3) is 0 Å². The summed E-state index contributed by atoms with van der Waals surface area (Å²) in [5, 5.41) is 5.60. The topological polar surface area (TPSA) is 70.7 Å². The number of carbonyl (C=O) groups excluding carboxylic acids is 2. The van der Waals surface area contributed by atoms with E-state index in [4.69, 9.17) is 4.74 Å². The summed E-state index contributed by atoms with van der Waals surface area (Å²) >= 11 is 0. The number of urea groups is 1. The average Bonchev–Trinajstić information content (AvgIpc) is 2.69. The highest BCUT2D eigenvalue weighted by molar-refractivity contribution is 5.89. The number of carbonyl (C=O) groups is 2. The van der Waals surface area contributed by atoms with Crippen molar-refractivity contribution in [1.82, 2.24) is 10.2 Å². The van der Waals surface area contributed by atoms with Crippen molar-refractivity contribution in [2.24, 2.45) is 0 Å². The highest BCUT2D eigenvalue weighted by Crippen LogP contribution is 2.13. The Morgan fingerprint density at radius 2 is 1.70 bits per heavy atom. The molecule has 0 unspecified atom stereocenters. The van der Waals surface area contributed by atoms with Gasteiger partial charge in [-0.2, -0.15) is 0 Å². The number of ether oxygens (including phenoxy) is 1. The zero-order chi connectivity index (χ0) is 19.6. The molecule has 6 heteroatoms. The van der Waals surface area contributed by atoms with Crippen LogP contribution >= 0.6 is 0 Å². The minimum Gasteiger partial charge on any atom is -0.497 e. The van der Waals surface area contributed by atoms with E-state index in [-0.39, 0.29) is 11.9 Å². The van der Waals surface area contributed by atoms with Crippen LogP contribution in [-0.4, -0.2) is 37.0 Å². The molecular weight excluding hydrogens is 342 g/mol. The molecule has 0 saturated heterocycles. The molecular formula is C21H27N3O3. The zero-order valence-corrected chi connectivity index (χ0v) is 16.1.